The van der Waals surface area contributed by atoms with Crippen molar-refractivity contribution in [3.05, 3.63) is 34.9 Å². The lowest BCUT2D eigenvalue weighted by Gasteiger charge is -2.18. The van der Waals surface area contributed by atoms with Gasteiger partial charge in [0, 0.05) is 11.1 Å². The maximum absolute atomic E-state index is 6.15. The molecule has 17 heavy (non-hydrogen) atoms. The molecule has 1 aromatic rings. The normalized spacial score (nSPS) is 14.6. The molecule has 0 aromatic heterocycles. The van der Waals surface area contributed by atoms with Crippen LogP contribution in [0, 0.1) is 5.92 Å². The first-order valence-electron chi connectivity index (χ1n) is 6.60. The van der Waals surface area contributed by atoms with E-state index in [1.165, 1.54) is 18.4 Å². The van der Waals surface area contributed by atoms with Gasteiger partial charge < -0.3 is 5.32 Å². The molecule has 2 heteroatoms. The van der Waals surface area contributed by atoms with Crippen LogP contribution in [0.2, 0.25) is 5.02 Å². The van der Waals surface area contributed by atoms with Crippen molar-refractivity contribution in [3.8, 4) is 0 Å². The molecule has 0 amide bonds. The molecule has 0 bridgehead atoms. The highest BCUT2D eigenvalue weighted by atomic mass is 35.5. The zero-order valence-corrected chi connectivity index (χ0v) is 11.9. The Labute approximate surface area is 111 Å². The van der Waals surface area contributed by atoms with E-state index in [1.54, 1.807) is 0 Å². The fraction of sp³-hybridized carbons (Fsp3) is 0.600. The Morgan fingerprint density at radius 1 is 1.24 bits per heavy atom. The molecule has 1 nitrogen and oxygen atoms in total. The highest BCUT2D eigenvalue weighted by Crippen LogP contribution is 2.16. The molecule has 2 unspecified atom stereocenters. The van der Waals surface area contributed by atoms with E-state index in [1.807, 2.05) is 18.2 Å². The largest absolute Gasteiger partial charge is 0.314 e. The topological polar surface area (TPSA) is 12.0 Å². The number of benzene rings is 1. The Bertz CT molecular complexity index is 324. The standard InChI is InChI=1S/C15H24ClN/c1-4-7-12(2)11-17-13(3)10-14-8-5-6-9-15(14)16/h5-6,8-9,12-13,17H,4,7,10-11H2,1-3H3. The predicted molar refractivity (Wildman–Crippen MR) is 76.7 cm³/mol. The molecule has 0 fully saturated rings. The van der Waals surface area contributed by atoms with Gasteiger partial charge in [0.25, 0.3) is 0 Å². The fourth-order valence-corrected chi connectivity index (χ4v) is 2.28. The number of rotatable bonds is 7. The maximum atomic E-state index is 6.15. The van der Waals surface area contributed by atoms with Crippen molar-refractivity contribution in [2.24, 2.45) is 5.92 Å². The summed E-state index contributed by atoms with van der Waals surface area (Å²) in [5.74, 6) is 0.758. The summed E-state index contributed by atoms with van der Waals surface area (Å²) in [6, 6.07) is 8.58. The molecule has 1 aromatic carbocycles. The highest BCUT2D eigenvalue weighted by molar-refractivity contribution is 6.31. The van der Waals surface area contributed by atoms with Crippen LogP contribution >= 0.6 is 11.6 Å². The average molecular weight is 254 g/mol. The zero-order valence-electron chi connectivity index (χ0n) is 11.2. The van der Waals surface area contributed by atoms with Crippen molar-refractivity contribution in [3.63, 3.8) is 0 Å². The maximum Gasteiger partial charge on any atom is 0.0438 e. The number of hydrogen-bond donors (Lipinski definition) is 1. The molecule has 1 N–H and O–H groups in total. The first-order valence-corrected chi connectivity index (χ1v) is 6.98. The number of halogens is 1. The summed E-state index contributed by atoms with van der Waals surface area (Å²) >= 11 is 6.15. The second-order valence-electron chi connectivity index (χ2n) is 5.00. The second-order valence-corrected chi connectivity index (χ2v) is 5.41. The summed E-state index contributed by atoms with van der Waals surface area (Å²) in [5, 5.41) is 4.46. The van der Waals surface area contributed by atoms with Crippen LogP contribution in [-0.4, -0.2) is 12.6 Å². The quantitative estimate of drug-likeness (QED) is 0.764. The van der Waals surface area contributed by atoms with Gasteiger partial charge in [-0.1, -0.05) is 50.1 Å². The van der Waals surface area contributed by atoms with Gasteiger partial charge in [-0.05, 0) is 43.9 Å². The Morgan fingerprint density at radius 2 is 1.94 bits per heavy atom. The molecule has 0 aliphatic rings. The van der Waals surface area contributed by atoms with Gasteiger partial charge in [-0.25, -0.2) is 0 Å². The lowest BCUT2D eigenvalue weighted by atomic mass is 10.0. The molecule has 0 heterocycles. The third-order valence-electron chi connectivity index (χ3n) is 3.08. The van der Waals surface area contributed by atoms with Crippen LogP contribution in [0.3, 0.4) is 0 Å². The van der Waals surface area contributed by atoms with Gasteiger partial charge in [-0.2, -0.15) is 0 Å². The van der Waals surface area contributed by atoms with E-state index in [9.17, 15) is 0 Å². The van der Waals surface area contributed by atoms with E-state index in [0.29, 0.717) is 6.04 Å². The SMILES string of the molecule is CCCC(C)CNC(C)Cc1ccccc1Cl. The number of hydrogen-bond acceptors (Lipinski definition) is 1. The molecule has 0 aliphatic carbocycles. The van der Waals surface area contributed by atoms with E-state index < -0.39 is 0 Å². The number of nitrogens with one attached hydrogen (secondary N) is 1. The highest BCUT2D eigenvalue weighted by Gasteiger charge is 2.07. The first kappa shape index (κ1) is 14.5. The van der Waals surface area contributed by atoms with Gasteiger partial charge in [0.2, 0.25) is 0 Å². The summed E-state index contributed by atoms with van der Waals surface area (Å²) in [5.41, 5.74) is 1.23. The molecule has 0 spiro atoms. The smallest absolute Gasteiger partial charge is 0.0438 e. The van der Waals surface area contributed by atoms with Crippen molar-refractivity contribution in [1.29, 1.82) is 0 Å². The van der Waals surface area contributed by atoms with Crippen molar-refractivity contribution < 1.29 is 0 Å². The second kappa shape index (κ2) is 7.73. The average Bonchev–Trinajstić information content (AvgIpc) is 2.30. The Hall–Kier alpha value is -0.530. The van der Waals surface area contributed by atoms with Crippen molar-refractivity contribution >= 4 is 11.6 Å². The summed E-state index contributed by atoms with van der Waals surface area (Å²) < 4.78 is 0. The van der Waals surface area contributed by atoms with E-state index in [0.717, 1.165) is 23.9 Å². The summed E-state index contributed by atoms with van der Waals surface area (Å²) in [6.07, 6.45) is 3.56. The van der Waals surface area contributed by atoms with E-state index in [-0.39, 0.29) is 0 Å². The van der Waals surface area contributed by atoms with Crippen LogP contribution < -0.4 is 5.32 Å². The van der Waals surface area contributed by atoms with Crippen molar-refractivity contribution in [2.45, 2.75) is 46.1 Å². The Kier molecular flexibility index (Phi) is 6.61. The van der Waals surface area contributed by atoms with Crippen LogP contribution in [0.15, 0.2) is 24.3 Å². The van der Waals surface area contributed by atoms with Gasteiger partial charge in [0.15, 0.2) is 0 Å². The van der Waals surface area contributed by atoms with Crippen LogP contribution in [0.5, 0.6) is 0 Å². The first-order chi connectivity index (χ1) is 8.13. The molecule has 0 saturated carbocycles. The predicted octanol–water partition coefficient (Wildman–Crippen LogP) is 4.30. The fourth-order valence-electron chi connectivity index (χ4n) is 2.06. The molecule has 0 aliphatic heterocycles. The van der Waals surface area contributed by atoms with Crippen LogP contribution in [0.25, 0.3) is 0 Å². The molecule has 2 atom stereocenters. The van der Waals surface area contributed by atoms with Crippen molar-refractivity contribution in [1.82, 2.24) is 5.32 Å². The Morgan fingerprint density at radius 3 is 2.59 bits per heavy atom. The zero-order chi connectivity index (χ0) is 12.7. The van der Waals surface area contributed by atoms with E-state index >= 15 is 0 Å². The minimum Gasteiger partial charge on any atom is -0.314 e. The molecular formula is C15H24ClN. The van der Waals surface area contributed by atoms with Gasteiger partial charge in [-0.15, -0.1) is 0 Å². The summed E-state index contributed by atoms with van der Waals surface area (Å²) in [4.78, 5) is 0. The third kappa shape index (κ3) is 5.56. The summed E-state index contributed by atoms with van der Waals surface area (Å²) in [6.45, 7) is 7.86. The molecule has 96 valence electrons. The van der Waals surface area contributed by atoms with Gasteiger partial charge in [0.1, 0.15) is 0 Å². The molecule has 0 saturated heterocycles. The minimum absolute atomic E-state index is 0.481. The van der Waals surface area contributed by atoms with Gasteiger partial charge >= 0.3 is 0 Å². The lowest BCUT2D eigenvalue weighted by molar-refractivity contribution is 0.436. The third-order valence-corrected chi connectivity index (χ3v) is 3.45. The van der Waals surface area contributed by atoms with Crippen LogP contribution in [0.4, 0.5) is 0 Å². The van der Waals surface area contributed by atoms with E-state index in [2.05, 4.69) is 32.2 Å². The molecule has 1 rings (SSSR count). The van der Waals surface area contributed by atoms with Crippen molar-refractivity contribution in [2.75, 3.05) is 6.54 Å². The lowest BCUT2D eigenvalue weighted by Crippen LogP contribution is -2.32. The summed E-state index contributed by atoms with van der Waals surface area (Å²) in [7, 11) is 0. The minimum atomic E-state index is 0.481. The van der Waals surface area contributed by atoms with Gasteiger partial charge in [0.05, 0.1) is 0 Å². The molecular weight excluding hydrogens is 230 g/mol. The van der Waals surface area contributed by atoms with Crippen LogP contribution in [0.1, 0.15) is 39.2 Å². The van der Waals surface area contributed by atoms with Crippen LogP contribution in [-0.2, 0) is 6.42 Å². The monoisotopic (exact) mass is 253 g/mol. The van der Waals surface area contributed by atoms with Gasteiger partial charge in [-0.3, -0.25) is 0 Å². The Balaban J connectivity index is 2.34. The van der Waals surface area contributed by atoms with E-state index in [4.69, 9.17) is 11.6 Å². The molecule has 0 radical (unpaired) electrons.